The summed E-state index contributed by atoms with van der Waals surface area (Å²) >= 11 is 7.80. The molecule has 1 fully saturated rings. The van der Waals surface area contributed by atoms with Crippen molar-refractivity contribution in [2.45, 2.75) is 67.5 Å². The third-order valence-electron chi connectivity index (χ3n) is 9.79. The van der Waals surface area contributed by atoms with E-state index in [9.17, 15) is 13.8 Å². The highest BCUT2D eigenvalue weighted by molar-refractivity contribution is 8.15. The summed E-state index contributed by atoms with van der Waals surface area (Å²) in [7, 11) is -1.55. The maximum absolute atomic E-state index is 14.7. The molecule has 0 bridgehead atoms. The molecule has 3 aromatic heterocycles. The van der Waals surface area contributed by atoms with Gasteiger partial charge in [-0.25, -0.2) is 9.97 Å². The van der Waals surface area contributed by atoms with E-state index < -0.39 is 27.4 Å². The zero-order valence-corrected chi connectivity index (χ0v) is 33.4. The molecule has 13 nitrogen and oxygen atoms in total. The number of aromatic nitrogens is 8. The number of ether oxygens (including phenoxy) is 1. The number of aromatic amines is 3. The van der Waals surface area contributed by atoms with E-state index in [0.29, 0.717) is 51.5 Å². The second kappa shape index (κ2) is 16.8. The quantitative estimate of drug-likeness (QED) is 0.0785. The lowest BCUT2D eigenvalue weighted by Gasteiger charge is -2.17. The molecule has 1 saturated heterocycles. The van der Waals surface area contributed by atoms with E-state index in [1.54, 1.807) is 0 Å². The van der Waals surface area contributed by atoms with Crippen LogP contribution in [-0.2, 0) is 34.9 Å². The van der Waals surface area contributed by atoms with E-state index in [-0.39, 0.29) is 11.1 Å². The van der Waals surface area contributed by atoms with Crippen LogP contribution in [0.15, 0.2) is 95.9 Å². The molecule has 2 amide bonds. The van der Waals surface area contributed by atoms with Crippen LogP contribution < -0.4 is 10.1 Å². The van der Waals surface area contributed by atoms with Crippen molar-refractivity contribution >= 4 is 56.3 Å². The Morgan fingerprint density at radius 1 is 0.930 bits per heavy atom. The van der Waals surface area contributed by atoms with Gasteiger partial charge in [0.1, 0.15) is 17.4 Å². The summed E-state index contributed by atoms with van der Waals surface area (Å²) in [5.74, 6) is 2.28. The number of rotatable bonds is 15. The number of imide groups is 1. The van der Waals surface area contributed by atoms with Gasteiger partial charge in [0.05, 0.1) is 38.0 Å². The summed E-state index contributed by atoms with van der Waals surface area (Å²) in [6, 6.07) is 29.1. The van der Waals surface area contributed by atoms with Crippen molar-refractivity contribution < 1.29 is 18.5 Å². The van der Waals surface area contributed by atoms with E-state index in [0.717, 1.165) is 70.2 Å². The average molecular weight is 820 g/mol. The number of unbranched alkanes of at least 4 members (excludes halogenated alkanes) is 1. The predicted molar refractivity (Wildman–Crippen MR) is 220 cm³/mol. The molecule has 0 radical (unpaired) electrons. The van der Waals surface area contributed by atoms with Crippen LogP contribution in [0.5, 0.6) is 5.75 Å². The summed E-state index contributed by atoms with van der Waals surface area (Å²) in [4.78, 5) is 40.3. The van der Waals surface area contributed by atoms with E-state index in [1.807, 2.05) is 97.9 Å². The normalized spacial score (nSPS) is 15.8. The van der Waals surface area contributed by atoms with Gasteiger partial charge in [-0.3, -0.25) is 19.1 Å². The fraction of sp³-hybridized carbons (Fsp3) is 0.244. The monoisotopic (exact) mass is 819 g/mol. The number of tetrazole rings is 1. The van der Waals surface area contributed by atoms with Crippen molar-refractivity contribution in [2.24, 2.45) is 0 Å². The molecule has 1 aliphatic rings. The Morgan fingerprint density at radius 2 is 1.70 bits per heavy atom. The molecule has 4 heterocycles. The molecule has 1 aliphatic heterocycles. The number of aryl methyl sites for hydroxylation is 1. The van der Waals surface area contributed by atoms with Crippen LogP contribution >= 0.6 is 23.4 Å². The van der Waals surface area contributed by atoms with Crippen molar-refractivity contribution in [3.8, 4) is 28.3 Å². The summed E-state index contributed by atoms with van der Waals surface area (Å²) in [5, 5.41) is 16.0. The van der Waals surface area contributed by atoms with E-state index in [1.165, 1.54) is 0 Å². The maximum Gasteiger partial charge on any atom is 0.286 e. The zero-order chi connectivity index (χ0) is 39.5. The van der Waals surface area contributed by atoms with Gasteiger partial charge in [-0.2, -0.15) is 5.21 Å². The number of benzene rings is 4. The summed E-state index contributed by atoms with van der Waals surface area (Å²) < 4.78 is 20.9. The highest BCUT2D eigenvalue weighted by atomic mass is 35.5. The maximum atomic E-state index is 14.7. The Labute approximate surface area is 339 Å². The molecular weight excluding hydrogens is 782 g/mol. The zero-order valence-electron chi connectivity index (χ0n) is 31.0. The summed E-state index contributed by atoms with van der Waals surface area (Å²) in [5.41, 5.74) is 6.81. The minimum absolute atomic E-state index is 0.264. The lowest BCUT2D eigenvalue weighted by atomic mass is 9.97. The Morgan fingerprint density at radius 3 is 2.42 bits per heavy atom. The topological polar surface area (TPSA) is 184 Å². The number of halogens is 1. The number of imidazole rings is 2. The Hall–Kier alpha value is -5.64. The third kappa shape index (κ3) is 8.55. The van der Waals surface area contributed by atoms with Crippen molar-refractivity contribution in [1.82, 2.24) is 45.9 Å². The Bertz CT molecular complexity index is 2560. The van der Waals surface area contributed by atoms with Gasteiger partial charge in [0.15, 0.2) is 11.3 Å². The molecule has 7 aromatic rings. The first-order chi connectivity index (χ1) is 27.7. The fourth-order valence-electron chi connectivity index (χ4n) is 6.81. The molecule has 4 N–H and O–H groups in total. The number of carbonyl (C=O) groups excluding carboxylic acids is 2. The minimum atomic E-state index is -1.55. The highest BCUT2D eigenvalue weighted by Crippen LogP contribution is 2.35. The van der Waals surface area contributed by atoms with Crippen LogP contribution in [0.3, 0.4) is 0 Å². The van der Waals surface area contributed by atoms with Gasteiger partial charge >= 0.3 is 0 Å². The molecule has 16 heteroatoms. The van der Waals surface area contributed by atoms with E-state index in [2.05, 4.69) is 47.8 Å². The molecule has 4 unspecified atom stereocenters. The number of amides is 2. The van der Waals surface area contributed by atoms with Gasteiger partial charge in [0.2, 0.25) is 11.7 Å². The van der Waals surface area contributed by atoms with Gasteiger partial charge in [-0.15, -0.1) is 10.2 Å². The molecule has 0 aliphatic carbocycles. The van der Waals surface area contributed by atoms with Crippen molar-refractivity contribution in [3.63, 3.8) is 0 Å². The van der Waals surface area contributed by atoms with Crippen LogP contribution in [0.4, 0.5) is 4.79 Å². The number of hydrogen-bond donors (Lipinski definition) is 4. The number of carbonyl (C=O) groups is 2. The van der Waals surface area contributed by atoms with Gasteiger partial charge in [0, 0.05) is 16.9 Å². The van der Waals surface area contributed by atoms with Gasteiger partial charge in [-0.05, 0) is 84.0 Å². The van der Waals surface area contributed by atoms with E-state index in [4.69, 9.17) is 21.3 Å². The minimum Gasteiger partial charge on any atom is -0.483 e. The number of thioether (sulfide) groups is 1. The second-order valence-electron chi connectivity index (χ2n) is 13.8. The first-order valence-corrected chi connectivity index (χ1v) is 21.0. The third-order valence-corrected chi connectivity index (χ3v) is 12.7. The van der Waals surface area contributed by atoms with Crippen LogP contribution in [0.1, 0.15) is 66.5 Å². The van der Waals surface area contributed by atoms with Crippen LogP contribution in [-0.4, -0.2) is 61.2 Å². The van der Waals surface area contributed by atoms with Crippen LogP contribution in [0, 0.1) is 0 Å². The Kier molecular flexibility index (Phi) is 11.3. The van der Waals surface area contributed by atoms with Crippen LogP contribution in [0.25, 0.3) is 33.5 Å². The number of hydrogen-bond acceptors (Lipinski definition) is 10. The van der Waals surface area contributed by atoms with Gasteiger partial charge in [-0.1, -0.05) is 97.4 Å². The molecule has 57 heavy (non-hydrogen) atoms. The molecular formula is C41H38ClN9O4S2. The largest absolute Gasteiger partial charge is 0.483 e. The molecule has 290 valence electrons. The van der Waals surface area contributed by atoms with E-state index >= 15 is 0 Å². The van der Waals surface area contributed by atoms with Gasteiger partial charge in [0.25, 0.3) is 5.24 Å². The first kappa shape index (κ1) is 38.2. The molecule has 0 saturated carbocycles. The first-order valence-electron chi connectivity index (χ1n) is 18.6. The lowest BCUT2D eigenvalue weighted by Crippen LogP contribution is -2.25. The average Bonchev–Trinajstić information content (AvgIpc) is 4.04. The van der Waals surface area contributed by atoms with Crippen molar-refractivity contribution in [2.75, 3.05) is 0 Å². The van der Waals surface area contributed by atoms with Gasteiger partial charge < -0.3 is 14.7 Å². The molecule has 8 rings (SSSR count). The number of nitrogens with one attached hydrogen (secondary N) is 4. The number of nitrogens with zero attached hydrogens (tertiary/aromatic N) is 5. The molecule has 4 atom stereocenters. The predicted octanol–water partition coefficient (Wildman–Crippen LogP) is 8.25. The SMILES string of the molecule is CCCCc1nc(Cl)c(C(Cc2ccc(-c3ccccc3-c3nn[nH]n3)cc2)S(=O)c2ccc3nc(C(C)Oc4ccc(CC5SC(=O)NC5=O)cc4)[nH]c3c2)[nH]1. The second-order valence-corrected chi connectivity index (χ2v) is 16.9. The number of fused-ring (bicyclic) bond motifs is 1. The molecule has 0 spiro atoms. The highest BCUT2D eigenvalue weighted by Gasteiger charge is 2.31. The summed E-state index contributed by atoms with van der Waals surface area (Å²) in [6.45, 7) is 4.03. The lowest BCUT2D eigenvalue weighted by molar-refractivity contribution is -0.118. The number of H-pyrrole nitrogens is 3. The van der Waals surface area contributed by atoms with Crippen molar-refractivity contribution in [3.05, 3.63) is 125 Å². The summed E-state index contributed by atoms with van der Waals surface area (Å²) in [6.07, 6.45) is 3.18. The molecule has 4 aromatic carbocycles. The Balaban J connectivity index is 1.02. The smallest absolute Gasteiger partial charge is 0.286 e. The fourth-order valence-corrected chi connectivity index (χ4v) is 9.51. The standard InChI is InChI=1S/C41H38ClN9O4S2/c1-3-4-9-35-45-36(37(42)46-35)34(21-25-10-14-26(15-11-25)29-7-5-6-8-30(29)39-48-50-51-49-39)57(54)28-18-19-31-32(22-28)44-38(43-31)23(2)55-27-16-12-24(13-17-27)20-33-40(52)47-41(53)56-33/h5-8,10-19,22-23,33-34H,3-4,9,20-21H2,1-2H3,(H,43,44)(H,45,46)(H,47,52,53)(H,48,49,50,51). The van der Waals surface area contributed by atoms with Crippen LogP contribution in [0.2, 0.25) is 5.15 Å². The van der Waals surface area contributed by atoms with Crippen molar-refractivity contribution in [1.29, 1.82) is 0 Å².